The number of likely N-dealkylation sites (tertiary alicyclic amines) is 1. The SMILES string of the molecule is CO/N=C(\C(=O)NC1C(=O)N2C(C(=O)[O-])=C(C[N+]3(C)C[C@@H](O)[C@@H](O)C3)CS[C@@H]12)c1nsc(N)n1. The van der Waals surface area contributed by atoms with E-state index < -0.39 is 41.4 Å². The summed E-state index contributed by atoms with van der Waals surface area (Å²) in [5.41, 5.74) is 5.51. The molecule has 0 aromatic carbocycles. The van der Waals surface area contributed by atoms with E-state index in [9.17, 15) is 29.7 Å². The lowest BCUT2D eigenvalue weighted by Gasteiger charge is -2.51. The second-order valence-electron chi connectivity index (χ2n) is 8.46. The number of amides is 2. The average molecular weight is 514 g/mol. The van der Waals surface area contributed by atoms with Gasteiger partial charge in [0.15, 0.2) is 5.13 Å². The number of hydrogen-bond donors (Lipinski definition) is 4. The maximum Gasteiger partial charge on any atom is 0.278 e. The highest BCUT2D eigenvalue weighted by atomic mass is 32.2. The average Bonchev–Trinajstić information content (AvgIpc) is 3.30. The van der Waals surface area contributed by atoms with Gasteiger partial charge in [-0.1, -0.05) is 5.16 Å². The van der Waals surface area contributed by atoms with Crippen molar-refractivity contribution >= 4 is 51.9 Å². The molecule has 0 radical (unpaired) electrons. The van der Waals surface area contributed by atoms with Gasteiger partial charge in [-0.2, -0.15) is 9.36 Å². The Morgan fingerprint density at radius 2 is 2.06 bits per heavy atom. The van der Waals surface area contributed by atoms with Gasteiger partial charge in [0.1, 0.15) is 50.4 Å². The Kier molecular flexibility index (Phi) is 6.52. The van der Waals surface area contributed by atoms with Crippen molar-refractivity contribution in [1.29, 1.82) is 0 Å². The Morgan fingerprint density at radius 3 is 2.62 bits per heavy atom. The number of carbonyl (C=O) groups is 3. The van der Waals surface area contributed by atoms with E-state index in [-0.39, 0.29) is 52.2 Å². The Bertz CT molecular complexity index is 1080. The van der Waals surface area contributed by atoms with Crippen molar-refractivity contribution < 1.29 is 39.0 Å². The van der Waals surface area contributed by atoms with E-state index in [1.807, 2.05) is 0 Å². The number of thioether (sulfide) groups is 1. The van der Waals surface area contributed by atoms with Crippen LogP contribution in [0.3, 0.4) is 0 Å². The number of nitrogens with zero attached hydrogens (tertiary/aromatic N) is 5. The third-order valence-corrected chi connectivity index (χ3v) is 7.73. The molecule has 2 unspecified atom stereocenters. The highest BCUT2D eigenvalue weighted by Crippen LogP contribution is 2.41. The molecule has 0 saturated carbocycles. The van der Waals surface area contributed by atoms with E-state index in [0.29, 0.717) is 5.57 Å². The zero-order chi connectivity index (χ0) is 24.8. The zero-order valence-corrected chi connectivity index (χ0v) is 19.8. The highest BCUT2D eigenvalue weighted by Gasteiger charge is 2.54. The molecule has 1 aromatic heterocycles. The Labute approximate surface area is 201 Å². The normalized spacial score (nSPS) is 31.2. The molecule has 2 saturated heterocycles. The summed E-state index contributed by atoms with van der Waals surface area (Å²) in [6, 6.07) is -1.01. The van der Waals surface area contributed by atoms with E-state index in [1.54, 1.807) is 7.05 Å². The van der Waals surface area contributed by atoms with Gasteiger partial charge in [-0.05, 0) is 0 Å². The van der Waals surface area contributed by atoms with Crippen molar-refractivity contribution in [2.45, 2.75) is 23.6 Å². The summed E-state index contributed by atoms with van der Waals surface area (Å²) in [5.74, 6) is -2.69. The molecule has 1 aromatic rings. The van der Waals surface area contributed by atoms with E-state index in [2.05, 4.69) is 24.7 Å². The summed E-state index contributed by atoms with van der Waals surface area (Å²) >= 11 is 2.15. The van der Waals surface area contributed by atoms with Gasteiger partial charge in [-0.25, -0.2) is 0 Å². The van der Waals surface area contributed by atoms with Crippen LogP contribution < -0.4 is 16.2 Å². The van der Waals surface area contributed by atoms with Gasteiger partial charge in [0.2, 0.25) is 11.5 Å². The molecule has 3 aliphatic heterocycles. The first kappa shape index (κ1) is 24.3. The quantitative estimate of drug-likeness (QED) is 0.120. The van der Waals surface area contributed by atoms with Gasteiger partial charge in [0.25, 0.3) is 11.8 Å². The van der Waals surface area contributed by atoms with E-state index in [1.165, 1.54) is 18.9 Å². The molecule has 16 heteroatoms. The lowest BCUT2D eigenvalue weighted by Crippen LogP contribution is -2.71. The van der Waals surface area contributed by atoms with Gasteiger partial charge in [-0.3, -0.25) is 14.5 Å². The van der Waals surface area contributed by atoms with Crippen LogP contribution >= 0.6 is 23.3 Å². The maximum atomic E-state index is 12.9. The number of aliphatic hydroxyl groups is 2. The molecule has 2 amide bonds. The van der Waals surface area contributed by atoms with Crippen LogP contribution in [0.1, 0.15) is 5.82 Å². The first-order valence-electron chi connectivity index (χ1n) is 10.1. The van der Waals surface area contributed by atoms with Crippen LogP contribution in [0.2, 0.25) is 0 Å². The number of aliphatic carboxylic acids is 1. The number of fused-ring (bicyclic) bond motifs is 1. The number of nitrogens with two attached hydrogens (primary N) is 1. The number of quaternary nitrogens is 1. The molecular formula is C18H23N7O7S2. The number of hydrogen-bond acceptors (Lipinski definition) is 13. The van der Waals surface area contributed by atoms with E-state index in [4.69, 9.17) is 5.73 Å². The molecule has 0 spiro atoms. The fraction of sp³-hybridized carbons (Fsp3) is 0.556. The molecule has 4 heterocycles. The van der Waals surface area contributed by atoms with Crippen molar-refractivity contribution in [2.75, 3.05) is 45.3 Å². The first-order valence-corrected chi connectivity index (χ1v) is 12.0. The molecule has 0 bridgehead atoms. The largest absolute Gasteiger partial charge is 0.543 e. The molecule has 14 nitrogen and oxygen atoms in total. The number of rotatable bonds is 7. The standard InChI is InChI=1S/C18H23N7O7S2/c1-25(4-8(26)9(27)5-25)3-7-6-33-16-11(15(29)24(16)12(7)17(30)31)20-14(28)10(22-32-2)13-21-18(19)34-23-13/h8-9,11,16,26-27H,3-6H2,1-2H3,(H3-,19,20,21,23,28,30,31)/b22-10-/t8-,9+,11?,16-,25?/m0/s1. The zero-order valence-electron chi connectivity index (χ0n) is 18.2. The number of nitrogen functional groups attached to an aromatic ring is 1. The lowest BCUT2D eigenvalue weighted by atomic mass is 10.0. The molecule has 4 rings (SSSR count). The van der Waals surface area contributed by atoms with E-state index >= 15 is 0 Å². The first-order chi connectivity index (χ1) is 16.0. The summed E-state index contributed by atoms with van der Waals surface area (Å²) in [5, 5.41) is 37.4. The van der Waals surface area contributed by atoms with Gasteiger partial charge in [0.05, 0.1) is 18.7 Å². The van der Waals surface area contributed by atoms with Gasteiger partial charge < -0.3 is 40.5 Å². The van der Waals surface area contributed by atoms with Crippen LogP contribution in [0.4, 0.5) is 5.13 Å². The number of carbonyl (C=O) groups excluding carboxylic acids is 3. The molecule has 184 valence electrons. The minimum Gasteiger partial charge on any atom is -0.543 e. The third-order valence-electron chi connectivity index (χ3n) is 5.85. The molecule has 0 aliphatic carbocycles. The van der Waals surface area contributed by atoms with Crippen LogP contribution in [-0.4, -0.2) is 116 Å². The number of β-lactam (4-membered cyclic amide) rings is 1. The van der Waals surface area contributed by atoms with Crippen LogP contribution in [0.25, 0.3) is 0 Å². The smallest absolute Gasteiger partial charge is 0.278 e. The minimum absolute atomic E-state index is 0.0636. The van der Waals surface area contributed by atoms with Crippen molar-refractivity contribution in [2.24, 2.45) is 5.16 Å². The van der Waals surface area contributed by atoms with Crippen molar-refractivity contribution in [1.82, 2.24) is 19.6 Å². The fourth-order valence-electron chi connectivity index (χ4n) is 4.42. The van der Waals surface area contributed by atoms with Crippen molar-refractivity contribution in [3.05, 3.63) is 17.1 Å². The summed E-state index contributed by atoms with van der Waals surface area (Å²) in [4.78, 5) is 47.3. The number of oxime groups is 1. The van der Waals surface area contributed by atoms with Crippen molar-refractivity contribution in [3.63, 3.8) is 0 Å². The number of aliphatic hydroxyl groups excluding tert-OH is 2. The summed E-state index contributed by atoms with van der Waals surface area (Å²) in [7, 11) is 3.03. The predicted molar refractivity (Wildman–Crippen MR) is 118 cm³/mol. The summed E-state index contributed by atoms with van der Waals surface area (Å²) < 4.78 is 4.15. The topological polar surface area (TPSA) is 203 Å². The Balaban J connectivity index is 1.52. The van der Waals surface area contributed by atoms with E-state index in [0.717, 1.165) is 16.4 Å². The fourth-order valence-corrected chi connectivity index (χ4v) is 6.19. The Hall–Kier alpha value is -2.79. The van der Waals surface area contributed by atoms with Gasteiger partial charge >= 0.3 is 0 Å². The monoisotopic (exact) mass is 513 g/mol. The molecular weight excluding hydrogens is 490 g/mol. The minimum atomic E-state index is -1.51. The summed E-state index contributed by atoms with van der Waals surface area (Å²) in [6.45, 7) is 0.727. The molecule has 5 N–H and O–H groups in total. The second kappa shape index (κ2) is 9.10. The van der Waals surface area contributed by atoms with Crippen LogP contribution in [0, 0.1) is 0 Å². The second-order valence-corrected chi connectivity index (χ2v) is 10.3. The molecule has 2 fully saturated rings. The highest BCUT2D eigenvalue weighted by molar-refractivity contribution is 8.00. The molecule has 3 aliphatic rings. The number of aromatic nitrogens is 2. The third kappa shape index (κ3) is 4.34. The number of carboxylic acid groups (broad SMARTS) is 1. The van der Waals surface area contributed by atoms with Crippen LogP contribution in [0.15, 0.2) is 16.4 Å². The number of carboxylic acids is 1. The van der Waals surface area contributed by atoms with Crippen LogP contribution in [0.5, 0.6) is 0 Å². The van der Waals surface area contributed by atoms with Crippen LogP contribution in [-0.2, 0) is 19.2 Å². The Morgan fingerprint density at radius 1 is 1.38 bits per heavy atom. The van der Waals surface area contributed by atoms with Gasteiger partial charge in [-0.15, -0.1) is 11.8 Å². The summed E-state index contributed by atoms with van der Waals surface area (Å²) in [6.07, 6.45) is -1.81. The predicted octanol–water partition coefficient (Wildman–Crippen LogP) is -3.94. The van der Waals surface area contributed by atoms with Gasteiger partial charge in [0, 0.05) is 22.9 Å². The number of likely N-dealkylation sites (N-methyl/N-ethyl adjacent to an activating group) is 1. The molecule has 5 atom stereocenters. The maximum absolute atomic E-state index is 12.9. The lowest BCUT2D eigenvalue weighted by molar-refractivity contribution is -0.895. The number of nitrogens with one attached hydrogen (secondary N) is 1. The molecule has 34 heavy (non-hydrogen) atoms. The van der Waals surface area contributed by atoms with Crippen molar-refractivity contribution in [3.8, 4) is 0 Å². The number of anilines is 1.